The number of hydrogen-bond acceptors (Lipinski definition) is 8. The first-order valence-corrected chi connectivity index (χ1v) is 12.1. The molecule has 0 saturated carbocycles. The highest BCUT2D eigenvalue weighted by molar-refractivity contribution is 7.93. The van der Waals surface area contributed by atoms with Crippen LogP contribution < -0.4 is 10.1 Å². The summed E-state index contributed by atoms with van der Waals surface area (Å²) in [6.45, 7) is 1.05. The molecule has 2 amide bonds. The molecule has 0 aromatic carbocycles. The molecule has 1 N–H and O–H groups in total. The first kappa shape index (κ1) is 21.3. The maximum Gasteiger partial charge on any atom is 0.290 e. The third-order valence-corrected chi connectivity index (χ3v) is 8.16. The van der Waals surface area contributed by atoms with Crippen molar-refractivity contribution >= 4 is 21.5 Å². The van der Waals surface area contributed by atoms with Crippen molar-refractivity contribution in [2.24, 2.45) is 4.36 Å². The summed E-state index contributed by atoms with van der Waals surface area (Å²) in [6.07, 6.45) is 3.30. The Morgan fingerprint density at radius 2 is 2.10 bits per heavy atom. The fourth-order valence-electron chi connectivity index (χ4n) is 4.22. The monoisotopic (exact) mass is 441 g/mol. The van der Waals surface area contributed by atoms with Crippen molar-refractivity contribution in [2.45, 2.75) is 56.3 Å². The lowest BCUT2D eigenvalue weighted by atomic mass is 9.85. The summed E-state index contributed by atoms with van der Waals surface area (Å²) < 4.78 is 38.5. The Morgan fingerprint density at radius 3 is 2.77 bits per heavy atom. The minimum absolute atomic E-state index is 0.0884. The van der Waals surface area contributed by atoms with E-state index in [9.17, 15) is 13.8 Å². The largest absolute Gasteiger partial charge is 0.479 e. The van der Waals surface area contributed by atoms with E-state index in [1.165, 1.54) is 13.2 Å². The second-order valence-electron chi connectivity index (χ2n) is 8.04. The number of ether oxygens (including phenoxy) is 3. The SMILES string of the molecule is COc1cc(C(=O)NC2CCOC3(CCS(=O)(=NC(=O)[C@H]4CCCO4)CC3)C2)on1. The third-order valence-electron chi connectivity index (χ3n) is 5.96. The summed E-state index contributed by atoms with van der Waals surface area (Å²) in [6, 6.07) is 1.34. The number of carbonyl (C=O) groups is 2. The van der Waals surface area contributed by atoms with Crippen molar-refractivity contribution in [3.05, 3.63) is 11.8 Å². The van der Waals surface area contributed by atoms with Gasteiger partial charge in [-0.1, -0.05) is 0 Å². The molecular weight excluding hydrogens is 414 g/mol. The summed E-state index contributed by atoms with van der Waals surface area (Å²) in [5.74, 6) is 0.198. The van der Waals surface area contributed by atoms with Gasteiger partial charge < -0.3 is 24.1 Å². The highest BCUT2D eigenvalue weighted by atomic mass is 32.2. The van der Waals surface area contributed by atoms with Crippen LogP contribution in [0.1, 0.15) is 49.1 Å². The highest BCUT2D eigenvalue weighted by Crippen LogP contribution is 2.36. The lowest BCUT2D eigenvalue weighted by Crippen LogP contribution is -2.52. The van der Waals surface area contributed by atoms with E-state index >= 15 is 0 Å². The molecule has 1 unspecified atom stereocenters. The number of nitrogens with zero attached hydrogens (tertiary/aromatic N) is 2. The van der Waals surface area contributed by atoms with Gasteiger partial charge in [0.15, 0.2) is 0 Å². The topological polar surface area (TPSA) is 129 Å². The molecule has 3 fully saturated rings. The normalized spacial score (nSPS) is 33.9. The van der Waals surface area contributed by atoms with Gasteiger partial charge in [-0.05, 0) is 43.7 Å². The van der Waals surface area contributed by atoms with Crippen LogP contribution >= 0.6 is 0 Å². The van der Waals surface area contributed by atoms with E-state index < -0.39 is 27.3 Å². The number of amides is 2. The van der Waals surface area contributed by atoms with E-state index in [-0.39, 0.29) is 23.6 Å². The van der Waals surface area contributed by atoms with Gasteiger partial charge in [-0.3, -0.25) is 9.59 Å². The minimum Gasteiger partial charge on any atom is -0.479 e. The standard InChI is InChI=1S/C19H27N3O7S/c1-26-16-11-15(29-21-16)17(23)20-13-4-8-28-19(12-13)5-9-30(25,10-6-19)22-18(24)14-3-2-7-27-14/h11,13-14H,2-10,12H2,1H3,(H,20,23)/t13?,14-,19?,30?/m1/s1. The lowest BCUT2D eigenvalue weighted by molar-refractivity contribution is -0.126. The summed E-state index contributed by atoms with van der Waals surface area (Å²) in [4.78, 5) is 24.7. The molecule has 3 saturated heterocycles. The quantitative estimate of drug-likeness (QED) is 0.740. The van der Waals surface area contributed by atoms with Crippen LogP contribution in [0.3, 0.4) is 0 Å². The molecule has 10 nitrogen and oxygen atoms in total. The fraction of sp³-hybridized carbons (Fsp3) is 0.737. The van der Waals surface area contributed by atoms with E-state index in [0.29, 0.717) is 56.8 Å². The summed E-state index contributed by atoms with van der Waals surface area (Å²) in [5.41, 5.74) is -0.460. The summed E-state index contributed by atoms with van der Waals surface area (Å²) >= 11 is 0. The van der Waals surface area contributed by atoms with Crippen molar-refractivity contribution in [2.75, 3.05) is 31.8 Å². The average Bonchev–Trinajstić information content (AvgIpc) is 3.43. The summed E-state index contributed by atoms with van der Waals surface area (Å²) in [7, 11) is -1.15. The number of carbonyl (C=O) groups excluding carboxylic acids is 2. The van der Waals surface area contributed by atoms with E-state index in [2.05, 4.69) is 14.8 Å². The predicted molar refractivity (Wildman–Crippen MR) is 106 cm³/mol. The van der Waals surface area contributed by atoms with Crippen LogP contribution in [0.2, 0.25) is 0 Å². The molecule has 1 spiro atoms. The maximum absolute atomic E-state index is 13.1. The van der Waals surface area contributed by atoms with E-state index in [1.54, 1.807) is 0 Å². The second-order valence-corrected chi connectivity index (χ2v) is 10.6. The van der Waals surface area contributed by atoms with E-state index in [0.717, 1.165) is 6.42 Å². The Balaban J connectivity index is 1.35. The zero-order chi connectivity index (χ0) is 21.2. The van der Waals surface area contributed by atoms with Crippen LogP contribution in [-0.2, 0) is 24.0 Å². The number of rotatable bonds is 4. The molecule has 3 aliphatic rings. The molecule has 30 heavy (non-hydrogen) atoms. The smallest absolute Gasteiger partial charge is 0.290 e. The Morgan fingerprint density at radius 1 is 1.30 bits per heavy atom. The molecule has 3 aliphatic heterocycles. The molecule has 1 aromatic rings. The van der Waals surface area contributed by atoms with Gasteiger partial charge in [0.25, 0.3) is 17.7 Å². The minimum atomic E-state index is -2.59. The Bertz CT molecular complexity index is 901. The molecule has 4 heterocycles. The van der Waals surface area contributed by atoms with Gasteiger partial charge in [0.2, 0.25) is 5.76 Å². The maximum atomic E-state index is 13.1. The molecule has 0 bridgehead atoms. The van der Waals surface area contributed by atoms with Crippen molar-refractivity contribution < 1.29 is 32.5 Å². The van der Waals surface area contributed by atoms with E-state index in [1.807, 2.05) is 0 Å². The fourth-order valence-corrected chi connectivity index (χ4v) is 6.44. The zero-order valence-corrected chi connectivity index (χ0v) is 17.8. The van der Waals surface area contributed by atoms with Gasteiger partial charge in [-0.25, -0.2) is 4.21 Å². The van der Waals surface area contributed by atoms with Crippen LogP contribution in [0.4, 0.5) is 0 Å². The molecule has 2 atom stereocenters. The molecule has 0 aliphatic carbocycles. The molecule has 0 radical (unpaired) electrons. The van der Waals surface area contributed by atoms with Crippen LogP contribution in [0.5, 0.6) is 5.88 Å². The van der Waals surface area contributed by atoms with Crippen molar-refractivity contribution in [3.8, 4) is 5.88 Å². The first-order valence-electron chi connectivity index (χ1n) is 10.2. The number of methoxy groups -OCH3 is 1. The van der Waals surface area contributed by atoms with E-state index in [4.69, 9.17) is 18.7 Å². The van der Waals surface area contributed by atoms with Crippen LogP contribution in [0.15, 0.2) is 15.0 Å². The van der Waals surface area contributed by atoms with Crippen LogP contribution in [-0.4, -0.2) is 70.8 Å². The van der Waals surface area contributed by atoms with Gasteiger partial charge in [-0.2, -0.15) is 4.36 Å². The average molecular weight is 442 g/mol. The van der Waals surface area contributed by atoms with Gasteiger partial charge >= 0.3 is 0 Å². The van der Waals surface area contributed by atoms with Crippen molar-refractivity contribution in [1.82, 2.24) is 10.5 Å². The molecule has 4 rings (SSSR count). The van der Waals surface area contributed by atoms with Crippen LogP contribution in [0.25, 0.3) is 0 Å². The van der Waals surface area contributed by atoms with Crippen molar-refractivity contribution in [1.29, 1.82) is 0 Å². The summed E-state index contributed by atoms with van der Waals surface area (Å²) in [5, 5.41) is 6.60. The predicted octanol–water partition coefficient (Wildman–Crippen LogP) is 1.30. The van der Waals surface area contributed by atoms with Gasteiger partial charge in [0, 0.05) is 30.8 Å². The third kappa shape index (κ3) is 4.68. The number of hydrogen-bond donors (Lipinski definition) is 1. The van der Waals surface area contributed by atoms with Crippen LogP contribution in [0, 0.1) is 0 Å². The van der Waals surface area contributed by atoms with Gasteiger partial charge in [-0.15, -0.1) is 0 Å². The lowest BCUT2D eigenvalue weighted by Gasteiger charge is -2.44. The Labute approximate surface area is 175 Å². The second kappa shape index (κ2) is 8.64. The molecular formula is C19H27N3O7S. The van der Waals surface area contributed by atoms with Crippen molar-refractivity contribution in [3.63, 3.8) is 0 Å². The molecule has 11 heteroatoms. The Hall–Kier alpha value is -1.98. The zero-order valence-electron chi connectivity index (χ0n) is 17.0. The van der Waals surface area contributed by atoms with Gasteiger partial charge in [0.1, 0.15) is 6.10 Å². The first-order chi connectivity index (χ1) is 14.4. The highest BCUT2D eigenvalue weighted by Gasteiger charge is 2.42. The number of nitrogens with one attached hydrogen (secondary N) is 1. The Kier molecular flexibility index (Phi) is 6.12. The molecule has 1 aromatic heterocycles. The van der Waals surface area contributed by atoms with Gasteiger partial charge in [0.05, 0.1) is 28.5 Å². The number of aromatic nitrogens is 1. The molecule has 166 valence electrons.